The highest BCUT2D eigenvalue weighted by atomic mass is 32.1. The van der Waals surface area contributed by atoms with Crippen molar-refractivity contribution in [3.05, 3.63) is 44.5 Å². The summed E-state index contributed by atoms with van der Waals surface area (Å²) in [4.78, 5) is 18.6. The number of thiazole rings is 1. The minimum Gasteiger partial charge on any atom is -0.361 e. The molecule has 1 N–H and O–H groups in total. The Morgan fingerprint density at radius 2 is 2.32 bits per heavy atom. The number of rotatable bonds is 5. The summed E-state index contributed by atoms with van der Waals surface area (Å²) in [7, 11) is 0. The summed E-state index contributed by atoms with van der Waals surface area (Å²) < 4.78 is 0. The predicted molar refractivity (Wildman–Crippen MR) is 74.4 cm³/mol. The van der Waals surface area contributed by atoms with Gasteiger partial charge in [-0.2, -0.15) is 0 Å². The van der Waals surface area contributed by atoms with Crippen LogP contribution in [0.4, 0.5) is 11.5 Å². The maximum atomic E-state index is 10.7. The third-order valence-electron chi connectivity index (χ3n) is 2.74. The van der Waals surface area contributed by atoms with Gasteiger partial charge in [-0.25, -0.2) is 9.97 Å². The van der Waals surface area contributed by atoms with Crippen LogP contribution in [0.3, 0.4) is 0 Å². The van der Waals surface area contributed by atoms with Crippen LogP contribution < -0.4 is 5.32 Å². The van der Waals surface area contributed by atoms with E-state index in [1.807, 2.05) is 5.38 Å². The lowest BCUT2D eigenvalue weighted by Crippen LogP contribution is -2.11. The molecule has 0 saturated carbocycles. The molecule has 0 fully saturated rings. The molecule has 2 aromatic heterocycles. The molecular formula is C12H14N4O2S. The van der Waals surface area contributed by atoms with Crippen molar-refractivity contribution >= 4 is 22.8 Å². The van der Waals surface area contributed by atoms with Crippen LogP contribution in [0.25, 0.3) is 0 Å². The molecule has 0 bridgehead atoms. The molecule has 1 unspecified atom stereocenters. The van der Waals surface area contributed by atoms with E-state index in [4.69, 9.17) is 0 Å². The van der Waals surface area contributed by atoms with Crippen LogP contribution in [0.15, 0.2) is 23.8 Å². The average Bonchev–Trinajstić information content (AvgIpc) is 2.91. The fourth-order valence-corrected chi connectivity index (χ4v) is 2.49. The van der Waals surface area contributed by atoms with Crippen molar-refractivity contribution in [3.63, 3.8) is 0 Å². The van der Waals surface area contributed by atoms with Crippen LogP contribution in [0.5, 0.6) is 0 Å². The molecule has 2 heterocycles. The molecule has 0 aliphatic rings. The Kier molecular flexibility index (Phi) is 4.06. The Balaban J connectivity index is 2.21. The number of nitrogens with one attached hydrogen (secondary N) is 1. The Morgan fingerprint density at radius 1 is 1.53 bits per heavy atom. The molecule has 2 aromatic rings. The number of aryl methyl sites for hydroxylation is 1. The highest BCUT2D eigenvalue weighted by molar-refractivity contribution is 7.09. The van der Waals surface area contributed by atoms with Crippen LogP contribution in [0, 0.1) is 17.0 Å². The molecule has 100 valence electrons. The zero-order chi connectivity index (χ0) is 13.8. The molecule has 0 radical (unpaired) electrons. The van der Waals surface area contributed by atoms with Crippen LogP contribution in [0.2, 0.25) is 0 Å². The first-order chi connectivity index (χ1) is 9.11. The lowest BCUT2D eigenvalue weighted by atomic mass is 10.2. The van der Waals surface area contributed by atoms with Crippen LogP contribution in [0.1, 0.15) is 30.0 Å². The fourth-order valence-electron chi connectivity index (χ4n) is 1.72. The summed E-state index contributed by atoms with van der Waals surface area (Å²) in [6, 6.07) is 1.59. The van der Waals surface area contributed by atoms with Gasteiger partial charge in [-0.1, -0.05) is 6.92 Å². The minimum absolute atomic E-state index is 0.00495. The first kappa shape index (κ1) is 13.4. The maximum absolute atomic E-state index is 10.7. The highest BCUT2D eigenvalue weighted by Gasteiger charge is 2.15. The molecule has 2 rings (SSSR count). The van der Waals surface area contributed by atoms with Crippen molar-refractivity contribution in [2.75, 3.05) is 5.32 Å². The van der Waals surface area contributed by atoms with Crippen molar-refractivity contribution in [2.45, 2.75) is 26.3 Å². The number of aromatic nitrogens is 2. The van der Waals surface area contributed by atoms with Gasteiger partial charge in [0.25, 0.3) is 5.69 Å². The smallest absolute Gasteiger partial charge is 0.287 e. The molecular weight excluding hydrogens is 264 g/mol. The zero-order valence-electron chi connectivity index (χ0n) is 10.7. The van der Waals surface area contributed by atoms with E-state index in [1.165, 1.54) is 12.3 Å². The Morgan fingerprint density at radius 3 is 2.84 bits per heavy atom. The topological polar surface area (TPSA) is 81.0 Å². The second-order valence-corrected chi connectivity index (χ2v) is 5.02. The van der Waals surface area contributed by atoms with Crippen molar-refractivity contribution in [3.8, 4) is 0 Å². The van der Waals surface area contributed by atoms with Gasteiger partial charge in [-0.3, -0.25) is 10.1 Å². The molecule has 1 atom stereocenters. The Hall–Kier alpha value is -2.02. The van der Waals surface area contributed by atoms with E-state index in [1.54, 1.807) is 24.5 Å². The molecule has 6 nitrogen and oxygen atoms in total. The van der Waals surface area contributed by atoms with Crippen molar-refractivity contribution in [1.82, 2.24) is 9.97 Å². The number of hydrogen-bond acceptors (Lipinski definition) is 6. The van der Waals surface area contributed by atoms with Crippen molar-refractivity contribution < 1.29 is 4.92 Å². The van der Waals surface area contributed by atoms with Crippen molar-refractivity contribution in [1.29, 1.82) is 0 Å². The summed E-state index contributed by atoms with van der Waals surface area (Å²) in [5.74, 6) is 0.660. The molecule has 0 aromatic carbocycles. The number of anilines is 1. The van der Waals surface area contributed by atoms with Gasteiger partial charge in [-0.05, 0) is 18.9 Å². The van der Waals surface area contributed by atoms with E-state index in [2.05, 4.69) is 22.2 Å². The summed E-state index contributed by atoms with van der Waals surface area (Å²) in [5.41, 5.74) is 0.759. The third-order valence-corrected chi connectivity index (χ3v) is 3.63. The first-order valence-electron chi connectivity index (χ1n) is 5.88. The van der Waals surface area contributed by atoms with E-state index in [9.17, 15) is 10.1 Å². The lowest BCUT2D eigenvalue weighted by Gasteiger charge is -2.16. The second kappa shape index (κ2) is 5.75. The van der Waals surface area contributed by atoms with Gasteiger partial charge in [-0.15, -0.1) is 11.3 Å². The van der Waals surface area contributed by atoms with Gasteiger partial charge in [0, 0.05) is 17.6 Å². The molecule has 7 heteroatoms. The Labute approximate surface area is 114 Å². The Bertz CT molecular complexity index is 571. The molecule has 0 amide bonds. The zero-order valence-corrected chi connectivity index (χ0v) is 11.5. The van der Waals surface area contributed by atoms with Gasteiger partial charge >= 0.3 is 0 Å². The summed E-state index contributed by atoms with van der Waals surface area (Å²) >= 11 is 1.58. The number of hydrogen-bond donors (Lipinski definition) is 1. The highest BCUT2D eigenvalue weighted by Crippen LogP contribution is 2.26. The van der Waals surface area contributed by atoms with Crippen LogP contribution in [-0.4, -0.2) is 14.9 Å². The number of nitro groups is 1. The van der Waals surface area contributed by atoms with Gasteiger partial charge in [0.15, 0.2) is 0 Å². The predicted octanol–water partition coefficient (Wildman–Crippen LogP) is 3.32. The maximum Gasteiger partial charge on any atom is 0.287 e. The minimum atomic E-state index is -0.443. The van der Waals surface area contributed by atoms with Crippen LogP contribution >= 0.6 is 11.3 Å². The fraction of sp³-hybridized carbons (Fsp3) is 0.333. The quantitative estimate of drug-likeness (QED) is 0.670. The monoisotopic (exact) mass is 278 g/mol. The van der Waals surface area contributed by atoms with Crippen LogP contribution in [-0.2, 0) is 0 Å². The van der Waals surface area contributed by atoms with E-state index in [-0.39, 0.29) is 11.7 Å². The molecule has 0 aliphatic heterocycles. The van der Waals surface area contributed by atoms with Gasteiger partial charge in [0.1, 0.15) is 17.0 Å². The summed E-state index contributed by atoms with van der Waals surface area (Å²) in [6.07, 6.45) is 3.90. The molecule has 0 spiro atoms. The lowest BCUT2D eigenvalue weighted by molar-refractivity contribution is -0.385. The SMILES string of the molecule is CCC(Nc1ncc([N+](=O)[O-])cc1C)c1nccs1. The van der Waals surface area contributed by atoms with E-state index in [0.29, 0.717) is 5.82 Å². The van der Waals surface area contributed by atoms with E-state index < -0.39 is 4.92 Å². The van der Waals surface area contributed by atoms with E-state index >= 15 is 0 Å². The molecule has 0 aliphatic carbocycles. The first-order valence-corrected chi connectivity index (χ1v) is 6.76. The average molecular weight is 278 g/mol. The number of pyridine rings is 1. The van der Waals surface area contributed by atoms with Crippen molar-refractivity contribution in [2.24, 2.45) is 0 Å². The standard InChI is InChI=1S/C12H14N4O2S/c1-3-10(12-13-4-5-19-12)15-11-8(2)6-9(7-14-11)16(17)18/h4-7,10H,3H2,1-2H3,(H,14,15). The molecule has 0 saturated heterocycles. The normalized spacial score (nSPS) is 12.1. The van der Waals surface area contributed by atoms with E-state index in [0.717, 1.165) is 17.0 Å². The second-order valence-electron chi connectivity index (χ2n) is 4.09. The molecule has 19 heavy (non-hydrogen) atoms. The third kappa shape index (κ3) is 3.05. The number of nitrogens with zero attached hydrogens (tertiary/aromatic N) is 3. The van der Waals surface area contributed by atoms with Gasteiger partial charge < -0.3 is 5.32 Å². The summed E-state index contributed by atoms with van der Waals surface area (Å²) in [6.45, 7) is 3.86. The van der Waals surface area contributed by atoms with Gasteiger partial charge in [0.05, 0.1) is 11.0 Å². The summed E-state index contributed by atoms with van der Waals surface area (Å²) in [5, 5.41) is 16.9. The van der Waals surface area contributed by atoms with Gasteiger partial charge in [0.2, 0.25) is 0 Å². The largest absolute Gasteiger partial charge is 0.361 e.